The van der Waals surface area contributed by atoms with Gasteiger partial charge in [0.15, 0.2) is 5.65 Å². The summed E-state index contributed by atoms with van der Waals surface area (Å²) in [5.41, 5.74) is 10.1. The van der Waals surface area contributed by atoms with Crippen LogP contribution in [0.5, 0.6) is 5.75 Å². The van der Waals surface area contributed by atoms with Gasteiger partial charge in [0.1, 0.15) is 22.6 Å². The molecule has 2 heterocycles. The molecule has 0 spiro atoms. The number of rotatable bonds is 7. The maximum atomic E-state index is 12.9. The number of nitrogen functional groups attached to an aromatic ring is 1. The number of para-hydroxylation sites is 3. The van der Waals surface area contributed by atoms with Crippen molar-refractivity contribution in [1.29, 1.82) is 0 Å². The molecule has 30 heavy (non-hydrogen) atoms. The van der Waals surface area contributed by atoms with Crippen molar-refractivity contribution in [3.05, 3.63) is 59.7 Å². The highest BCUT2D eigenvalue weighted by Crippen LogP contribution is 2.30. The molecule has 4 aromatic rings. The molecule has 154 valence electrons. The van der Waals surface area contributed by atoms with E-state index in [4.69, 9.17) is 25.2 Å². The van der Waals surface area contributed by atoms with Crippen molar-refractivity contribution in [2.45, 2.75) is 26.3 Å². The number of benzene rings is 2. The Balaban J connectivity index is 1.89. The number of unbranched alkanes of at least 4 members (excludes halogenated alkanes) is 1. The summed E-state index contributed by atoms with van der Waals surface area (Å²) in [6, 6.07) is 15.2. The van der Waals surface area contributed by atoms with Crippen LogP contribution < -0.4 is 10.5 Å². The third-order valence-electron chi connectivity index (χ3n) is 5.05. The lowest BCUT2D eigenvalue weighted by atomic mass is 10.2. The van der Waals surface area contributed by atoms with Gasteiger partial charge in [-0.2, -0.15) is 0 Å². The lowest BCUT2D eigenvalue weighted by Gasteiger charge is -2.11. The van der Waals surface area contributed by atoms with Crippen LogP contribution in [0.2, 0.25) is 0 Å². The molecule has 0 amide bonds. The summed E-state index contributed by atoms with van der Waals surface area (Å²) in [7, 11) is 1.62. The monoisotopic (exact) mass is 404 g/mol. The van der Waals surface area contributed by atoms with Crippen molar-refractivity contribution in [3.63, 3.8) is 0 Å². The van der Waals surface area contributed by atoms with E-state index in [2.05, 4.69) is 0 Å². The zero-order valence-electron chi connectivity index (χ0n) is 17.1. The molecule has 0 radical (unpaired) electrons. The van der Waals surface area contributed by atoms with Crippen LogP contribution in [0.25, 0.3) is 22.2 Å². The van der Waals surface area contributed by atoms with E-state index < -0.39 is 5.97 Å². The third kappa shape index (κ3) is 3.54. The number of carbonyl (C=O) groups excluding carboxylic acids is 1. The van der Waals surface area contributed by atoms with E-state index in [0.29, 0.717) is 29.8 Å². The Bertz CT molecular complexity index is 1220. The molecule has 2 N–H and O–H groups in total. The topological polar surface area (TPSA) is 92.3 Å². The summed E-state index contributed by atoms with van der Waals surface area (Å²) < 4.78 is 12.7. The standard InChI is InChI=1S/C23H24N4O3/c1-3-4-13-30-23(28)19-20-22(26-17-11-7-6-10-16(17)25-20)27(21(19)24)14-15-9-5-8-12-18(15)29-2/h5-12H,3-4,13-14,24H2,1-2H3. The van der Waals surface area contributed by atoms with Gasteiger partial charge in [-0.15, -0.1) is 0 Å². The zero-order chi connectivity index (χ0) is 21.1. The molecule has 0 saturated carbocycles. The number of nitrogens with zero attached hydrogens (tertiary/aromatic N) is 3. The Morgan fingerprint density at radius 1 is 1.07 bits per heavy atom. The maximum Gasteiger partial charge on any atom is 0.344 e. The van der Waals surface area contributed by atoms with Gasteiger partial charge in [-0.3, -0.25) is 0 Å². The van der Waals surface area contributed by atoms with E-state index in [-0.39, 0.29) is 11.4 Å². The quantitative estimate of drug-likeness (QED) is 0.367. The lowest BCUT2D eigenvalue weighted by molar-refractivity contribution is 0.0503. The van der Waals surface area contributed by atoms with E-state index in [1.165, 1.54) is 0 Å². The van der Waals surface area contributed by atoms with Crippen LogP contribution in [0.15, 0.2) is 48.5 Å². The Morgan fingerprint density at radius 3 is 2.50 bits per heavy atom. The first kappa shape index (κ1) is 19.7. The second kappa shape index (κ2) is 8.41. The molecule has 0 aliphatic rings. The van der Waals surface area contributed by atoms with Gasteiger partial charge in [-0.05, 0) is 24.6 Å². The Kier molecular flexibility index (Phi) is 5.52. The molecule has 0 unspecified atom stereocenters. The van der Waals surface area contributed by atoms with Gasteiger partial charge in [0, 0.05) is 5.56 Å². The first-order chi connectivity index (χ1) is 14.6. The summed E-state index contributed by atoms with van der Waals surface area (Å²) in [6.07, 6.45) is 1.73. The summed E-state index contributed by atoms with van der Waals surface area (Å²) in [4.78, 5) is 22.3. The fraction of sp³-hybridized carbons (Fsp3) is 0.261. The SMILES string of the molecule is CCCCOC(=O)c1c(N)n(Cc2ccccc2OC)c2nc3ccccc3nc12. The molecular weight excluding hydrogens is 380 g/mol. The van der Waals surface area contributed by atoms with Gasteiger partial charge in [0.2, 0.25) is 0 Å². The van der Waals surface area contributed by atoms with Crippen LogP contribution in [0.1, 0.15) is 35.7 Å². The molecule has 2 aromatic carbocycles. The highest BCUT2D eigenvalue weighted by atomic mass is 16.5. The molecule has 0 saturated heterocycles. The smallest absolute Gasteiger partial charge is 0.344 e. The first-order valence-electron chi connectivity index (χ1n) is 9.97. The summed E-state index contributed by atoms with van der Waals surface area (Å²) >= 11 is 0. The van der Waals surface area contributed by atoms with Gasteiger partial charge in [0.25, 0.3) is 0 Å². The summed E-state index contributed by atoms with van der Waals surface area (Å²) in [5.74, 6) is 0.543. The Hall–Kier alpha value is -3.61. The molecule has 0 aliphatic heterocycles. The first-order valence-corrected chi connectivity index (χ1v) is 9.97. The number of methoxy groups -OCH3 is 1. The van der Waals surface area contributed by atoms with E-state index in [1.807, 2.05) is 55.5 Å². The second-order valence-electron chi connectivity index (χ2n) is 7.03. The fourth-order valence-corrected chi connectivity index (χ4v) is 3.46. The van der Waals surface area contributed by atoms with Crippen molar-refractivity contribution >= 4 is 34.0 Å². The van der Waals surface area contributed by atoms with E-state index in [9.17, 15) is 4.79 Å². The molecule has 7 heteroatoms. The van der Waals surface area contributed by atoms with E-state index >= 15 is 0 Å². The fourth-order valence-electron chi connectivity index (χ4n) is 3.46. The van der Waals surface area contributed by atoms with Gasteiger partial charge in [0.05, 0.1) is 31.3 Å². The average molecular weight is 404 g/mol. The van der Waals surface area contributed by atoms with Crippen LogP contribution in [-0.4, -0.2) is 34.2 Å². The highest BCUT2D eigenvalue weighted by molar-refractivity contribution is 6.08. The predicted molar refractivity (Wildman–Crippen MR) is 117 cm³/mol. The summed E-state index contributed by atoms with van der Waals surface area (Å²) in [5, 5.41) is 0. The number of nitrogens with two attached hydrogens (primary N) is 1. The third-order valence-corrected chi connectivity index (χ3v) is 5.05. The minimum Gasteiger partial charge on any atom is -0.496 e. The van der Waals surface area contributed by atoms with Crippen LogP contribution in [0.4, 0.5) is 5.82 Å². The minimum absolute atomic E-state index is 0.259. The normalized spacial score (nSPS) is 11.1. The average Bonchev–Trinajstić information content (AvgIpc) is 3.03. The van der Waals surface area contributed by atoms with Crippen molar-refractivity contribution in [1.82, 2.24) is 14.5 Å². The van der Waals surface area contributed by atoms with Crippen molar-refractivity contribution in [3.8, 4) is 5.75 Å². The largest absolute Gasteiger partial charge is 0.496 e. The van der Waals surface area contributed by atoms with Gasteiger partial charge in [-0.25, -0.2) is 14.8 Å². The number of fused-ring (bicyclic) bond motifs is 2. The number of aromatic nitrogens is 3. The Morgan fingerprint density at radius 2 is 1.77 bits per heavy atom. The van der Waals surface area contributed by atoms with Gasteiger partial charge >= 0.3 is 5.97 Å². The van der Waals surface area contributed by atoms with Gasteiger partial charge < -0.3 is 19.8 Å². The number of anilines is 1. The van der Waals surface area contributed by atoms with E-state index in [0.717, 1.165) is 29.7 Å². The summed E-state index contributed by atoms with van der Waals surface area (Å²) in [6.45, 7) is 2.77. The maximum absolute atomic E-state index is 12.9. The molecule has 0 bridgehead atoms. The van der Waals surface area contributed by atoms with Crippen LogP contribution in [0, 0.1) is 0 Å². The van der Waals surface area contributed by atoms with Crippen molar-refractivity contribution < 1.29 is 14.3 Å². The minimum atomic E-state index is -0.477. The molecule has 2 aromatic heterocycles. The number of hydrogen-bond acceptors (Lipinski definition) is 6. The molecule has 0 fully saturated rings. The predicted octanol–water partition coefficient (Wildman–Crippen LogP) is 4.18. The molecule has 0 aliphatic carbocycles. The van der Waals surface area contributed by atoms with Gasteiger partial charge in [-0.1, -0.05) is 43.7 Å². The lowest BCUT2D eigenvalue weighted by Crippen LogP contribution is -2.11. The number of esters is 1. The number of carbonyl (C=O) groups is 1. The van der Waals surface area contributed by atoms with Crippen molar-refractivity contribution in [2.75, 3.05) is 19.5 Å². The molecule has 7 nitrogen and oxygen atoms in total. The van der Waals surface area contributed by atoms with Crippen LogP contribution in [0.3, 0.4) is 0 Å². The highest BCUT2D eigenvalue weighted by Gasteiger charge is 2.25. The number of hydrogen-bond donors (Lipinski definition) is 1. The number of ether oxygens (including phenoxy) is 2. The van der Waals surface area contributed by atoms with E-state index in [1.54, 1.807) is 11.7 Å². The molecule has 4 rings (SSSR count). The molecular formula is C23H24N4O3. The Labute approximate surface area is 174 Å². The molecule has 0 atom stereocenters. The second-order valence-corrected chi connectivity index (χ2v) is 7.03. The van der Waals surface area contributed by atoms with Crippen LogP contribution >= 0.6 is 0 Å². The van der Waals surface area contributed by atoms with Crippen LogP contribution in [-0.2, 0) is 11.3 Å². The van der Waals surface area contributed by atoms with Crippen molar-refractivity contribution in [2.24, 2.45) is 0 Å². The zero-order valence-corrected chi connectivity index (χ0v) is 17.1.